The van der Waals surface area contributed by atoms with Gasteiger partial charge in [0.1, 0.15) is 17.8 Å². The summed E-state index contributed by atoms with van der Waals surface area (Å²) in [5.74, 6) is 0.955. The summed E-state index contributed by atoms with van der Waals surface area (Å²) in [5, 5.41) is 1.96. The molecule has 1 unspecified atom stereocenters. The number of carbonyl (C=O) groups is 1. The SMILES string of the molecule is CC(=O)c1ccc2[nH]c3ncnc(N4CCCC(N)C4)c3c2c1. The van der Waals surface area contributed by atoms with E-state index in [1.807, 2.05) is 18.2 Å². The summed E-state index contributed by atoms with van der Waals surface area (Å²) in [7, 11) is 0. The molecule has 1 saturated heterocycles. The van der Waals surface area contributed by atoms with E-state index in [1.165, 1.54) is 0 Å². The molecule has 1 aromatic carbocycles. The Balaban J connectivity index is 1.95. The van der Waals surface area contributed by atoms with Crippen molar-refractivity contribution in [2.24, 2.45) is 5.73 Å². The summed E-state index contributed by atoms with van der Waals surface area (Å²) in [4.78, 5) is 26.1. The van der Waals surface area contributed by atoms with E-state index >= 15 is 0 Å². The van der Waals surface area contributed by atoms with Crippen molar-refractivity contribution < 1.29 is 4.79 Å². The molecule has 0 spiro atoms. The number of hydrogen-bond acceptors (Lipinski definition) is 5. The first-order valence-electron chi connectivity index (χ1n) is 7.91. The van der Waals surface area contributed by atoms with Gasteiger partial charge in [-0.2, -0.15) is 0 Å². The molecule has 1 aliphatic rings. The minimum atomic E-state index is 0.0552. The van der Waals surface area contributed by atoms with Crippen LogP contribution in [0.1, 0.15) is 30.1 Å². The molecule has 3 aromatic rings. The zero-order valence-corrected chi connectivity index (χ0v) is 13.0. The fraction of sp³-hybridized carbons (Fsp3) is 0.353. The van der Waals surface area contributed by atoms with Gasteiger partial charge in [-0.3, -0.25) is 4.79 Å². The maximum absolute atomic E-state index is 11.7. The molecular weight excluding hydrogens is 290 g/mol. The number of carbonyl (C=O) groups excluding carboxylic acids is 1. The van der Waals surface area contributed by atoms with Crippen LogP contribution in [-0.2, 0) is 0 Å². The molecule has 0 aliphatic carbocycles. The Hall–Kier alpha value is -2.47. The molecule has 0 saturated carbocycles. The Morgan fingerprint density at radius 2 is 2.26 bits per heavy atom. The number of ketones is 1. The maximum Gasteiger partial charge on any atom is 0.159 e. The number of nitrogens with zero attached hydrogens (tertiary/aromatic N) is 3. The van der Waals surface area contributed by atoms with Crippen molar-refractivity contribution in [3.05, 3.63) is 30.1 Å². The van der Waals surface area contributed by atoms with Gasteiger partial charge in [0.2, 0.25) is 0 Å². The third-order valence-electron chi connectivity index (χ3n) is 4.53. The summed E-state index contributed by atoms with van der Waals surface area (Å²) in [6, 6.07) is 5.86. The average molecular weight is 309 g/mol. The van der Waals surface area contributed by atoms with E-state index in [0.29, 0.717) is 5.56 Å². The van der Waals surface area contributed by atoms with E-state index in [9.17, 15) is 4.79 Å². The fourth-order valence-corrected chi connectivity index (χ4v) is 3.37. The first-order valence-corrected chi connectivity index (χ1v) is 7.91. The molecule has 4 rings (SSSR count). The average Bonchev–Trinajstić information content (AvgIpc) is 2.92. The summed E-state index contributed by atoms with van der Waals surface area (Å²) in [6.45, 7) is 3.32. The molecule has 23 heavy (non-hydrogen) atoms. The number of H-pyrrole nitrogens is 1. The van der Waals surface area contributed by atoms with E-state index in [0.717, 1.165) is 53.7 Å². The number of nitrogens with two attached hydrogens (primary N) is 1. The number of Topliss-reactive ketones (excluding diaryl/α,β-unsaturated/α-hetero) is 1. The number of aromatic nitrogens is 3. The summed E-state index contributed by atoms with van der Waals surface area (Å²) < 4.78 is 0. The summed E-state index contributed by atoms with van der Waals surface area (Å²) in [5.41, 5.74) is 8.58. The van der Waals surface area contributed by atoms with Gasteiger partial charge >= 0.3 is 0 Å². The minimum absolute atomic E-state index is 0.0552. The van der Waals surface area contributed by atoms with Crippen LogP contribution in [0.2, 0.25) is 0 Å². The number of benzene rings is 1. The van der Waals surface area contributed by atoms with E-state index in [1.54, 1.807) is 13.3 Å². The fourth-order valence-electron chi connectivity index (χ4n) is 3.37. The molecule has 3 heterocycles. The van der Waals surface area contributed by atoms with E-state index < -0.39 is 0 Å². The van der Waals surface area contributed by atoms with E-state index in [-0.39, 0.29) is 11.8 Å². The highest BCUT2D eigenvalue weighted by Crippen LogP contribution is 2.32. The van der Waals surface area contributed by atoms with Crippen molar-refractivity contribution in [1.29, 1.82) is 0 Å². The predicted molar refractivity (Wildman–Crippen MR) is 90.8 cm³/mol. The quantitative estimate of drug-likeness (QED) is 0.709. The maximum atomic E-state index is 11.7. The van der Waals surface area contributed by atoms with Gasteiger partial charge in [0.15, 0.2) is 5.78 Å². The molecule has 1 atom stereocenters. The predicted octanol–water partition coefficient (Wildman–Crippen LogP) is 2.24. The lowest BCUT2D eigenvalue weighted by Gasteiger charge is -2.31. The van der Waals surface area contributed by atoms with Crippen LogP contribution in [-0.4, -0.2) is 39.9 Å². The first-order chi connectivity index (χ1) is 11.1. The molecule has 118 valence electrons. The molecule has 2 aromatic heterocycles. The van der Waals surface area contributed by atoms with Gasteiger partial charge in [-0.05, 0) is 38.0 Å². The van der Waals surface area contributed by atoms with Crippen LogP contribution in [0, 0.1) is 0 Å². The second kappa shape index (κ2) is 5.31. The second-order valence-corrected chi connectivity index (χ2v) is 6.21. The molecule has 6 nitrogen and oxygen atoms in total. The monoisotopic (exact) mass is 309 g/mol. The van der Waals surface area contributed by atoms with Crippen LogP contribution in [0.3, 0.4) is 0 Å². The van der Waals surface area contributed by atoms with Gasteiger partial charge in [0, 0.05) is 35.6 Å². The zero-order chi connectivity index (χ0) is 16.0. The number of nitrogens with one attached hydrogen (secondary N) is 1. The summed E-state index contributed by atoms with van der Waals surface area (Å²) in [6.07, 6.45) is 3.69. The number of piperidine rings is 1. The van der Waals surface area contributed by atoms with Crippen LogP contribution in [0.4, 0.5) is 5.82 Å². The van der Waals surface area contributed by atoms with Crippen molar-refractivity contribution in [3.63, 3.8) is 0 Å². The van der Waals surface area contributed by atoms with Crippen molar-refractivity contribution >= 4 is 33.5 Å². The molecule has 6 heteroatoms. The Morgan fingerprint density at radius 3 is 3.04 bits per heavy atom. The normalized spacial score (nSPS) is 18.7. The lowest BCUT2D eigenvalue weighted by molar-refractivity contribution is 0.101. The molecular formula is C17H19N5O. The number of hydrogen-bond donors (Lipinski definition) is 2. The number of fused-ring (bicyclic) bond motifs is 3. The topological polar surface area (TPSA) is 87.9 Å². The smallest absolute Gasteiger partial charge is 0.159 e. The highest BCUT2D eigenvalue weighted by molar-refractivity contribution is 6.13. The standard InChI is InChI=1S/C17H19N5O/c1-10(23)11-4-5-14-13(7-11)15-16(21-14)19-9-20-17(15)22-6-2-3-12(18)8-22/h4-5,7,9,12H,2-3,6,8,18H2,1H3,(H,19,20,21). The van der Waals surface area contributed by atoms with Crippen LogP contribution < -0.4 is 10.6 Å². The highest BCUT2D eigenvalue weighted by Gasteiger charge is 2.22. The number of anilines is 1. The van der Waals surface area contributed by atoms with E-state index in [4.69, 9.17) is 5.73 Å². The van der Waals surface area contributed by atoms with Gasteiger partial charge < -0.3 is 15.6 Å². The lowest BCUT2D eigenvalue weighted by atomic mass is 10.1. The third kappa shape index (κ3) is 2.35. The third-order valence-corrected chi connectivity index (χ3v) is 4.53. The van der Waals surface area contributed by atoms with Crippen molar-refractivity contribution in [2.75, 3.05) is 18.0 Å². The van der Waals surface area contributed by atoms with Gasteiger partial charge in [0.25, 0.3) is 0 Å². The second-order valence-electron chi connectivity index (χ2n) is 6.21. The largest absolute Gasteiger partial charge is 0.354 e. The van der Waals surface area contributed by atoms with Crippen molar-refractivity contribution in [1.82, 2.24) is 15.0 Å². The molecule has 0 amide bonds. The van der Waals surface area contributed by atoms with Crippen LogP contribution in [0.5, 0.6) is 0 Å². The Labute approximate surface area is 133 Å². The molecule has 1 aliphatic heterocycles. The molecule has 1 fully saturated rings. The Kier molecular flexibility index (Phi) is 3.27. The minimum Gasteiger partial charge on any atom is -0.354 e. The van der Waals surface area contributed by atoms with Gasteiger partial charge in [0.05, 0.1) is 5.39 Å². The molecule has 0 radical (unpaired) electrons. The number of aromatic amines is 1. The van der Waals surface area contributed by atoms with Gasteiger partial charge in [-0.25, -0.2) is 9.97 Å². The van der Waals surface area contributed by atoms with Crippen LogP contribution >= 0.6 is 0 Å². The number of rotatable bonds is 2. The molecule has 0 bridgehead atoms. The van der Waals surface area contributed by atoms with Crippen molar-refractivity contribution in [2.45, 2.75) is 25.8 Å². The first kappa shape index (κ1) is 14.1. The van der Waals surface area contributed by atoms with Crippen LogP contribution in [0.25, 0.3) is 21.9 Å². The zero-order valence-electron chi connectivity index (χ0n) is 13.0. The van der Waals surface area contributed by atoms with Crippen LogP contribution in [0.15, 0.2) is 24.5 Å². The Morgan fingerprint density at radius 1 is 1.39 bits per heavy atom. The highest BCUT2D eigenvalue weighted by atomic mass is 16.1. The van der Waals surface area contributed by atoms with Crippen molar-refractivity contribution in [3.8, 4) is 0 Å². The summed E-state index contributed by atoms with van der Waals surface area (Å²) >= 11 is 0. The van der Waals surface area contributed by atoms with E-state index in [2.05, 4.69) is 19.9 Å². The van der Waals surface area contributed by atoms with Gasteiger partial charge in [-0.1, -0.05) is 0 Å². The lowest BCUT2D eigenvalue weighted by Crippen LogP contribution is -2.43. The molecule has 3 N–H and O–H groups in total. The Bertz CT molecular complexity index is 901. The van der Waals surface area contributed by atoms with Gasteiger partial charge in [-0.15, -0.1) is 0 Å².